The van der Waals surface area contributed by atoms with Crippen molar-refractivity contribution in [2.75, 3.05) is 0 Å². The molecule has 3 heterocycles. The van der Waals surface area contributed by atoms with E-state index in [1.807, 2.05) is 218 Å². The SMILES string of the molecule is O=C(c1ccccc1)c1cc(-c2ccccn2)[c-]cc1-c1ccccc1-c1cc(-c2ccccc2-c2c[c-]c(-c3ccccn3)cc2C(=O)c2ccccc2)cc(-c2ccccc2-c2c[c-]c(-c3ccccn3)cc2C(=O)c2ccccc2)c1.[Ir+3]. The van der Waals surface area contributed by atoms with Crippen molar-refractivity contribution in [2.24, 2.45) is 0 Å². The first-order valence-corrected chi connectivity index (χ1v) is 27.6. The third-order valence-corrected chi connectivity index (χ3v) is 15.0. The molecule has 0 spiro atoms. The van der Waals surface area contributed by atoms with Gasteiger partial charge in [-0.05, 0) is 86.9 Å². The Hall–Kier alpha value is -10.7. The van der Waals surface area contributed by atoms with Gasteiger partial charge in [0.2, 0.25) is 0 Å². The maximum Gasteiger partial charge on any atom is 3.00 e. The van der Waals surface area contributed by atoms with Crippen molar-refractivity contribution in [3.63, 3.8) is 0 Å². The van der Waals surface area contributed by atoms with Crippen molar-refractivity contribution < 1.29 is 34.5 Å². The first-order chi connectivity index (χ1) is 41.4. The summed E-state index contributed by atoms with van der Waals surface area (Å²) >= 11 is 0. The standard InChI is InChI=1S/C78H48N3O3.Ir/c82-76(52-22-4-1-5-23-52)70-49-55(73-34-16-19-43-79-73)37-40-67(70)64-31-13-10-28-61(64)58-46-59(62-29-11-14-32-65(62)68-41-38-56(74-35-17-20-44-80-74)50-71(68)77(83)53-24-6-2-7-25-53)48-60(47-58)63-30-12-15-33-66(63)69-42-39-57(75-36-18-21-45-81-75)51-72(69)78(84)54-26-8-3-9-27-54;/h1-36,40-51H;/q-3;+3. The minimum atomic E-state index is -0.137. The quantitative estimate of drug-likeness (QED) is 0.0750. The normalized spacial score (nSPS) is 10.9. The fourth-order valence-corrected chi connectivity index (χ4v) is 11.0. The van der Waals surface area contributed by atoms with Gasteiger partial charge in [0.25, 0.3) is 0 Å². The average molecular weight is 1270 g/mol. The van der Waals surface area contributed by atoms with Gasteiger partial charge in [0.05, 0.1) is 0 Å². The summed E-state index contributed by atoms with van der Waals surface area (Å²) in [6.07, 6.45) is 5.21. The van der Waals surface area contributed by atoms with E-state index in [4.69, 9.17) is 0 Å². The second kappa shape index (κ2) is 24.8. The van der Waals surface area contributed by atoms with Crippen molar-refractivity contribution in [3.05, 3.63) is 343 Å². The Morgan fingerprint density at radius 3 is 0.765 bits per heavy atom. The molecule has 0 amide bonds. The molecule has 85 heavy (non-hydrogen) atoms. The molecule has 0 aliphatic heterocycles. The smallest absolute Gasteiger partial charge is 0.305 e. The van der Waals surface area contributed by atoms with Gasteiger partial charge in [-0.15, -0.1) is 71.3 Å². The number of nitrogens with zero attached hydrogens (tertiary/aromatic N) is 3. The Kier molecular flexibility index (Phi) is 16.0. The number of carbonyl (C=O) groups excluding carboxylic acids is 3. The third kappa shape index (κ3) is 11.3. The molecule has 0 unspecified atom stereocenters. The molecule has 0 radical (unpaired) electrons. The predicted octanol–water partition coefficient (Wildman–Crippen LogP) is 18.0. The maximum absolute atomic E-state index is 14.9. The number of ketones is 3. The van der Waals surface area contributed by atoms with E-state index in [0.717, 1.165) is 50.1 Å². The molecule has 10 aromatic carbocycles. The maximum atomic E-state index is 14.9. The van der Waals surface area contributed by atoms with Crippen LogP contribution in [0.1, 0.15) is 47.8 Å². The van der Waals surface area contributed by atoms with Gasteiger partial charge in [-0.3, -0.25) is 14.4 Å². The zero-order valence-electron chi connectivity index (χ0n) is 45.6. The van der Waals surface area contributed by atoms with Gasteiger partial charge in [-0.1, -0.05) is 250 Å². The average Bonchev–Trinajstić information content (AvgIpc) is 3.58. The molecule has 0 aliphatic carbocycles. The minimum Gasteiger partial charge on any atom is -0.305 e. The van der Waals surface area contributed by atoms with Crippen LogP contribution < -0.4 is 0 Å². The van der Waals surface area contributed by atoms with E-state index in [9.17, 15) is 14.4 Å². The van der Waals surface area contributed by atoms with E-state index in [-0.39, 0.29) is 37.5 Å². The van der Waals surface area contributed by atoms with Crippen LogP contribution in [0, 0.1) is 18.2 Å². The first kappa shape index (κ1) is 54.9. The van der Waals surface area contributed by atoms with Gasteiger partial charge in [0, 0.05) is 35.3 Å². The molecule has 7 heteroatoms. The number of pyridine rings is 3. The molecule has 0 saturated heterocycles. The molecule has 0 bridgehead atoms. The fraction of sp³-hybridized carbons (Fsp3) is 0. The van der Waals surface area contributed by atoms with Crippen LogP contribution in [0.25, 0.3) is 101 Å². The van der Waals surface area contributed by atoms with Gasteiger partial charge in [-0.2, -0.15) is 0 Å². The van der Waals surface area contributed by atoms with E-state index in [2.05, 4.69) is 87.7 Å². The Morgan fingerprint density at radius 1 is 0.259 bits per heavy atom. The zero-order valence-corrected chi connectivity index (χ0v) is 48.0. The molecule has 0 atom stereocenters. The third-order valence-electron chi connectivity index (χ3n) is 15.0. The molecule has 3 aromatic heterocycles. The molecular weight excluding hydrogens is 1220 g/mol. The summed E-state index contributed by atoms with van der Waals surface area (Å²) < 4.78 is 0. The molecule has 402 valence electrons. The Labute approximate surface area is 507 Å². The second-order valence-corrected chi connectivity index (χ2v) is 20.2. The Morgan fingerprint density at radius 2 is 0.506 bits per heavy atom. The summed E-state index contributed by atoms with van der Waals surface area (Å²) in [6.45, 7) is 0. The van der Waals surface area contributed by atoms with Crippen LogP contribution in [0.3, 0.4) is 0 Å². The Balaban J connectivity index is 0.00000709. The van der Waals surface area contributed by atoms with Gasteiger partial charge < -0.3 is 15.0 Å². The summed E-state index contributed by atoms with van der Waals surface area (Å²) in [4.78, 5) is 58.7. The molecule has 0 aliphatic rings. The van der Waals surface area contributed by atoms with Crippen LogP contribution in [0.15, 0.2) is 292 Å². The van der Waals surface area contributed by atoms with E-state index >= 15 is 0 Å². The number of rotatable bonds is 15. The summed E-state index contributed by atoms with van der Waals surface area (Å²) in [7, 11) is 0. The number of aromatic nitrogens is 3. The van der Waals surface area contributed by atoms with Crippen LogP contribution in [-0.4, -0.2) is 32.3 Å². The van der Waals surface area contributed by atoms with E-state index in [1.54, 1.807) is 18.6 Å². The first-order valence-electron chi connectivity index (χ1n) is 27.6. The van der Waals surface area contributed by atoms with Gasteiger partial charge >= 0.3 is 20.1 Å². The fourth-order valence-electron chi connectivity index (χ4n) is 11.0. The van der Waals surface area contributed by atoms with Crippen LogP contribution in [0.4, 0.5) is 0 Å². The van der Waals surface area contributed by atoms with Gasteiger partial charge in [0.1, 0.15) is 0 Å². The van der Waals surface area contributed by atoms with Crippen LogP contribution in [0.2, 0.25) is 0 Å². The van der Waals surface area contributed by atoms with Gasteiger partial charge in [0.15, 0.2) is 17.3 Å². The molecule has 13 aromatic rings. The number of hydrogen-bond acceptors (Lipinski definition) is 6. The molecular formula is C78H48IrN3O3. The molecule has 6 nitrogen and oxygen atoms in total. The molecule has 13 rings (SSSR count). The topological polar surface area (TPSA) is 89.9 Å². The van der Waals surface area contributed by atoms with Crippen LogP contribution >= 0.6 is 0 Å². The number of carbonyl (C=O) groups is 3. The van der Waals surface area contributed by atoms with Crippen molar-refractivity contribution in [2.45, 2.75) is 0 Å². The summed E-state index contributed by atoms with van der Waals surface area (Å²) in [5.41, 5.74) is 17.0. The van der Waals surface area contributed by atoms with E-state index in [0.29, 0.717) is 83.8 Å². The summed E-state index contributed by atoms with van der Waals surface area (Å²) in [5.74, 6) is -0.410. The van der Waals surface area contributed by atoms with Crippen molar-refractivity contribution in [1.82, 2.24) is 15.0 Å². The van der Waals surface area contributed by atoms with Gasteiger partial charge in [-0.25, -0.2) is 0 Å². The monoisotopic (exact) mass is 1270 g/mol. The van der Waals surface area contributed by atoms with Crippen LogP contribution in [0.5, 0.6) is 0 Å². The molecule has 0 N–H and O–H groups in total. The van der Waals surface area contributed by atoms with Crippen LogP contribution in [-0.2, 0) is 20.1 Å². The number of hydrogen-bond donors (Lipinski definition) is 0. The molecule has 0 saturated carbocycles. The second-order valence-electron chi connectivity index (χ2n) is 20.2. The van der Waals surface area contributed by atoms with Crippen molar-refractivity contribution >= 4 is 17.3 Å². The predicted molar refractivity (Wildman–Crippen MR) is 335 cm³/mol. The number of benzene rings is 10. The van der Waals surface area contributed by atoms with Crippen molar-refractivity contribution in [3.8, 4) is 101 Å². The largest absolute Gasteiger partial charge is 3.00 e. The van der Waals surface area contributed by atoms with E-state index in [1.165, 1.54) is 0 Å². The summed E-state index contributed by atoms with van der Waals surface area (Å²) in [6, 6.07) is 98.0. The zero-order chi connectivity index (χ0) is 56.8. The molecule has 0 fully saturated rings. The van der Waals surface area contributed by atoms with Crippen molar-refractivity contribution in [1.29, 1.82) is 0 Å². The minimum absolute atomic E-state index is 0. The Bertz CT molecular complexity index is 4100. The summed E-state index contributed by atoms with van der Waals surface area (Å²) in [5, 5.41) is 0. The van der Waals surface area contributed by atoms with E-state index < -0.39 is 0 Å².